The maximum absolute atomic E-state index is 14.0. The van der Waals surface area contributed by atoms with E-state index in [1.165, 1.54) is 13.2 Å². The summed E-state index contributed by atoms with van der Waals surface area (Å²) in [5.41, 5.74) is -3.02. The van der Waals surface area contributed by atoms with Crippen molar-refractivity contribution in [2.75, 3.05) is 12.0 Å². The van der Waals surface area contributed by atoms with Gasteiger partial charge in [-0.05, 0) is 30.3 Å². The molecular formula is C20H14F4N2O5. The van der Waals surface area contributed by atoms with E-state index in [0.717, 1.165) is 41.3 Å². The summed E-state index contributed by atoms with van der Waals surface area (Å²) in [6.07, 6.45) is -4.71. The van der Waals surface area contributed by atoms with Crippen molar-refractivity contribution >= 4 is 11.6 Å². The summed E-state index contributed by atoms with van der Waals surface area (Å²) < 4.78 is 62.2. The first kappa shape index (κ1) is 20.7. The van der Waals surface area contributed by atoms with E-state index < -0.39 is 35.8 Å². The molecule has 0 radical (unpaired) electrons. The first-order valence-electron chi connectivity index (χ1n) is 8.80. The summed E-state index contributed by atoms with van der Waals surface area (Å²) in [6, 6.07) is 7.06. The second-order valence-electron chi connectivity index (χ2n) is 6.78. The summed E-state index contributed by atoms with van der Waals surface area (Å²) in [5, 5.41) is 21.3. The highest BCUT2D eigenvalue weighted by Crippen LogP contribution is 2.46. The van der Waals surface area contributed by atoms with Crippen molar-refractivity contribution in [3.8, 4) is 11.6 Å². The molecule has 1 aromatic carbocycles. The number of rotatable bonds is 4. The Bertz CT molecular complexity index is 1180. The molecule has 7 nitrogen and oxygen atoms in total. The Hall–Kier alpha value is -3.60. The number of carbonyl (C=O) groups is 1. The van der Waals surface area contributed by atoms with Gasteiger partial charge in [0.05, 0.1) is 25.0 Å². The van der Waals surface area contributed by atoms with Crippen LogP contribution in [-0.2, 0) is 23.1 Å². The minimum Gasteiger partial charge on any atom is -0.508 e. The molecular weight excluding hydrogens is 424 g/mol. The van der Waals surface area contributed by atoms with Gasteiger partial charge in [-0.25, -0.2) is 9.37 Å². The lowest BCUT2D eigenvalue weighted by molar-refractivity contribution is -0.153. The number of aliphatic hydroxyl groups is 1. The van der Waals surface area contributed by atoms with E-state index in [0.29, 0.717) is 0 Å². The van der Waals surface area contributed by atoms with Crippen LogP contribution in [0.5, 0.6) is 11.6 Å². The molecule has 1 aliphatic rings. The SMILES string of the molecule is COc1cc(O)cc(C2(O)C(=O)N(Cc3ccc(C(F)(F)F)o3)c3ccc(F)cc32)n1. The van der Waals surface area contributed by atoms with Crippen molar-refractivity contribution in [1.29, 1.82) is 0 Å². The number of fused-ring (bicyclic) bond motifs is 1. The molecule has 2 aromatic heterocycles. The molecule has 0 aliphatic carbocycles. The van der Waals surface area contributed by atoms with Crippen LogP contribution in [0.2, 0.25) is 0 Å². The fraction of sp³-hybridized carbons (Fsp3) is 0.200. The molecule has 1 unspecified atom stereocenters. The van der Waals surface area contributed by atoms with Crippen LogP contribution in [0.25, 0.3) is 0 Å². The fourth-order valence-corrected chi connectivity index (χ4v) is 3.41. The summed E-state index contributed by atoms with van der Waals surface area (Å²) >= 11 is 0. The van der Waals surface area contributed by atoms with Crippen LogP contribution in [0.4, 0.5) is 23.2 Å². The maximum Gasteiger partial charge on any atom is 0.449 e. The molecule has 162 valence electrons. The number of aromatic nitrogens is 1. The maximum atomic E-state index is 14.0. The molecule has 0 saturated carbocycles. The number of amides is 1. The van der Waals surface area contributed by atoms with Gasteiger partial charge in [0.1, 0.15) is 17.3 Å². The van der Waals surface area contributed by atoms with Gasteiger partial charge in [-0.1, -0.05) is 0 Å². The standard InChI is InChI=1S/C20H14F4N2O5/c1-30-17-8-11(27)7-15(25-17)19(29)13-6-10(21)2-4-14(13)26(18(19)28)9-12-3-5-16(31-12)20(22,23)24/h2-8,29H,9H2,1H3,(H,25,27). The number of hydrogen-bond acceptors (Lipinski definition) is 6. The van der Waals surface area contributed by atoms with E-state index in [1.807, 2.05) is 0 Å². The molecule has 0 saturated heterocycles. The molecule has 4 rings (SSSR count). The Balaban J connectivity index is 1.81. The van der Waals surface area contributed by atoms with Crippen LogP contribution >= 0.6 is 0 Å². The quantitative estimate of drug-likeness (QED) is 0.607. The third-order valence-corrected chi connectivity index (χ3v) is 4.82. The average molecular weight is 438 g/mol. The lowest BCUT2D eigenvalue weighted by Gasteiger charge is -2.23. The highest BCUT2D eigenvalue weighted by molar-refractivity contribution is 6.08. The van der Waals surface area contributed by atoms with Gasteiger partial charge in [-0.15, -0.1) is 0 Å². The molecule has 0 bridgehead atoms. The van der Waals surface area contributed by atoms with Gasteiger partial charge in [-0.2, -0.15) is 13.2 Å². The topological polar surface area (TPSA) is 96.0 Å². The highest BCUT2D eigenvalue weighted by atomic mass is 19.4. The normalized spacial score (nSPS) is 18.4. The molecule has 0 fully saturated rings. The minimum absolute atomic E-state index is 0.0444. The lowest BCUT2D eigenvalue weighted by atomic mass is 9.91. The lowest BCUT2D eigenvalue weighted by Crippen LogP contribution is -2.41. The third kappa shape index (κ3) is 3.36. The zero-order valence-corrected chi connectivity index (χ0v) is 15.8. The molecule has 1 atom stereocenters. The van der Waals surface area contributed by atoms with Crippen molar-refractivity contribution in [3.63, 3.8) is 0 Å². The van der Waals surface area contributed by atoms with Gasteiger partial charge < -0.3 is 24.3 Å². The fourth-order valence-electron chi connectivity index (χ4n) is 3.41. The van der Waals surface area contributed by atoms with Crippen molar-refractivity contribution in [1.82, 2.24) is 4.98 Å². The first-order chi connectivity index (χ1) is 14.5. The highest BCUT2D eigenvalue weighted by Gasteiger charge is 2.53. The van der Waals surface area contributed by atoms with Gasteiger partial charge in [0.2, 0.25) is 17.2 Å². The van der Waals surface area contributed by atoms with Crippen LogP contribution in [0.1, 0.15) is 22.8 Å². The van der Waals surface area contributed by atoms with Crippen LogP contribution in [-0.4, -0.2) is 28.2 Å². The van der Waals surface area contributed by atoms with E-state index in [2.05, 4.69) is 4.98 Å². The van der Waals surface area contributed by atoms with Crippen LogP contribution in [0, 0.1) is 5.82 Å². The molecule has 31 heavy (non-hydrogen) atoms. The summed E-state index contributed by atoms with van der Waals surface area (Å²) in [7, 11) is 1.25. The first-order valence-corrected chi connectivity index (χ1v) is 8.80. The number of anilines is 1. The number of halogens is 4. The largest absolute Gasteiger partial charge is 0.508 e. The summed E-state index contributed by atoms with van der Waals surface area (Å²) in [6.45, 7) is -0.466. The molecule has 11 heteroatoms. The number of benzene rings is 1. The van der Waals surface area contributed by atoms with Crippen LogP contribution in [0.3, 0.4) is 0 Å². The smallest absolute Gasteiger partial charge is 0.449 e. The molecule has 1 aliphatic heterocycles. The van der Waals surface area contributed by atoms with E-state index in [9.17, 15) is 32.6 Å². The number of pyridine rings is 1. The summed E-state index contributed by atoms with van der Waals surface area (Å²) in [4.78, 5) is 18.2. The molecule has 3 aromatic rings. The van der Waals surface area contributed by atoms with E-state index in [1.54, 1.807) is 0 Å². The van der Waals surface area contributed by atoms with Crippen molar-refractivity contribution < 1.29 is 41.7 Å². The Labute approximate surface area is 172 Å². The average Bonchev–Trinajstić information content (AvgIpc) is 3.26. The minimum atomic E-state index is -4.71. The van der Waals surface area contributed by atoms with Crippen LogP contribution in [0.15, 0.2) is 46.9 Å². The third-order valence-electron chi connectivity index (χ3n) is 4.82. The predicted octanol–water partition coefficient (Wildman–Crippen LogP) is 3.33. The van der Waals surface area contributed by atoms with E-state index >= 15 is 0 Å². The summed E-state index contributed by atoms with van der Waals surface area (Å²) in [5.74, 6) is -3.73. The van der Waals surface area contributed by atoms with Crippen molar-refractivity contribution in [2.24, 2.45) is 0 Å². The number of furan rings is 1. The van der Waals surface area contributed by atoms with E-state index in [-0.39, 0.29) is 34.3 Å². The Morgan fingerprint density at radius 3 is 2.58 bits per heavy atom. The van der Waals surface area contributed by atoms with Gasteiger partial charge in [0, 0.05) is 17.7 Å². The predicted molar refractivity (Wildman–Crippen MR) is 96.8 cm³/mol. The number of carbonyl (C=O) groups excluding carboxylic acids is 1. The van der Waals surface area contributed by atoms with Gasteiger partial charge in [0.15, 0.2) is 0 Å². The molecule has 3 heterocycles. The number of nitrogens with zero attached hydrogens (tertiary/aromatic N) is 2. The molecule has 1 amide bonds. The number of alkyl halides is 3. The van der Waals surface area contributed by atoms with Gasteiger partial charge >= 0.3 is 6.18 Å². The molecule has 0 spiro atoms. The van der Waals surface area contributed by atoms with Gasteiger partial charge in [-0.3, -0.25) is 4.79 Å². The zero-order valence-electron chi connectivity index (χ0n) is 15.8. The van der Waals surface area contributed by atoms with Crippen LogP contribution < -0.4 is 9.64 Å². The second-order valence-corrected chi connectivity index (χ2v) is 6.78. The monoisotopic (exact) mass is 438 g/mol. The second kappa shape index (κ2) is 6.98. The van der Waals surface area contributed by atoms with Crippen molar-refractivity contribution in [3.05, 3.63) is 71.1 Å². The Morgan fingerprint density at radius 2 is 1.94 bits per heavy atom. The zero-order chi connectivity index (χ0) is 22.6. The number of methoxy groups -OCH3 is 1. The van der Waals surface area contributed by atoms with Crippen molar-refractivity contribution in [2.45, 2.75) is 18.3 Å². The number of ether oxygens (including phenoxy) is 1. The number of hydrogen-bond donors (Lipinski definition) is 2. The Morgan fingerprint density at radius 1 is 1.19 bits per heavy atom. The molecule has 2 N–H and O–H groups in total. The van der Waals surface area contributed by atoms with Gasteiger partial charge in [0.25, 0.3) is 5.91 Å². The number of aromatic hydroxyl groups is 1. The van der Waals surface area contributed by atoms with E-state index in [4.69, 9.17) is 9.15 Å². The Kier molecular flexibility index (Phi) is 4.65.